The Labute approximate surface area is 366 Å². The van der Waals surface area contributed by atoms with Crippen LogP contribution in [0.15, 0.2) is 108 Å². The summed E-state index contributed by atoms with van der Waals surface area (Å²) in [4.78, 5) is 0. The van der Waals surface area contributed by atoms with E-state index in [1.165, 1.54) is 149 Å². The Morgan fingerprint density at radius 1 is 0.508 bits per heavy atom. The molecule has 316 valence electrons. The molecule has 61 heavy (non-hydrogen) atoms. The highest BCUT2D eigenvalue weighted by atomic mass is 31.2. The lowest BCUT2D eigenvalue weighted by molar-refractivity contribution is -0.0205. The van der Waals surface area contributed by atoms with Gasteiger partial charge in [0, 0.05) is 50.7 Å². The molecule has 8 bridgehead atoms. The van der Waals surface area contributed by atoms with Gasteiger partial charge in [-0.1, -0.05) is 102 Å². The molecule has 1 atom stereocenters. The topological polar surface area (TPSA) is 48.5 Å². The Kier molecular flexibility index (Phi) is 9.97. The minimum Gasteiger partial charge on any atom is -0.355 e. The number of benzene rings is 5. The average Bonchev–Trinajstić information content (AvgIpc) is 3.21. The van der Waals surface area contributed by atoms with Crippen LogP contribution in [0.1, 0.15) is 110 Å². The second kappa shape index (κ2) is 15.3. The number of hydrogen-bond acceptors (Lipinski definition) is 4. The van der Waals surface area contributed by atoms with Crippen LogP contribution in [0.25, 0.3) is 0 Å². The molecule has 8 aliphatic rings. The van der Waals surface area contributed by atoms with Crippen molar-refractivity contribution in [1.82, 2.24) is 5.32 Å². The summed E-state index contributed by atoms with van der Waals surface area (Å²) in [5, 5.41) is 16.6. The molecule has 8 fully saturated rings. The second-order valence-electron chi connectivity index (χ2n) is 21.4. The minimum absolute atomic E-state index is 0.0268. The smallest absolute Gasteiger partial charge is 0.0612 e. The van der Waals surface area contributed by atoms with Gasteiger partial charge in [0.05, 0.1) is 12.6 Å². The van der Waals surface area contributed by atoms with Crippen LogP contribution in [0.3, 0.4) is 0 Å². The highest BCUT2D eigenvalue weighted by molar-refractivity contribution is 7.88. The lowest BCUT2D eigenvalue weighted by Crippen LogP contribution is -2.58. The summed E-state index contributed by atoms with van der Waals surface area (Å²) < 4.78 is 6.69. The molecule has 8 saturated carbocycles. The molecule has 0 amide bonds. The lowest BCUT2D eigenvalue weighted by atomic mass is 9.53. The predicted molar refractivity (Wildman–Crippen MR) is 259 cm³/mol. The summed E-state index contributed by atoms with van der Waals surface area (Å²) >= 11 is 0. The fourth-order valence-corrected chi connectivity index (χ4v) is 19.3. The Hall–Kier alpha value is -4.11. The normalized spacial score (nSPS) is 30.3. The van der Waals surface area contributed by atoms with Gasteiger partial charge in [-0.25, -0.2) is 0 Å². The first-order chi connectivity index (χ1) is 29.5. The highest BCUT2D eigenvalue weighted by Crippen LogP contribution is 2.63. The molecular formula is C56H67N4P. The number of hydrogen-bond donors (Lipinski definition) is 3. The van der Waals surface area contributed by atoms with Crippen molar-refractivity contribution in [3.05, 3.63) is 137 Å². The van der Waals surface area contributed by atoms with Crippen LogP contribution in [-0.4, -0.2) is 11.1 Å². The molecule has 0 unspecified atom stereocenters. The Morgan fingerprint density at radius 3 is 1.46 bits per heavy atom. The van der Waals surface area contributed by atoms with Crippen LogP contribution >= 0.6 is 7.05 Å². The number of para-hydroxylation sites is 2. The van der Waals surface area contributed by atoms with Crippen molar-refractivity contribution in [2.75, 3.05) is 10.6 Å². The first kappa shape index (κ1) is 39.7. The predicted octanol–water partition coefficient (Wildman–Crippen LogP) is 13.2. The van der Waals surface area contributed by atoms with Crippen molar-refractivity contribution in [3.8, 4) is 0 Å². The largest absolute Gasteiger partial charge is 0.355 e. The summed E-state index contributed by atoms with van der Waals surface area (Å²) in [6.07, 6.45) is 16.4. The molecule has 0 spiro atoms. The molecule has 0 heterocycles. The summed E-state index contributed by atoms with van der Waals surface area (Å²) in [6.45, 7) is 12.2. The maximum atomic E-state index is 6.69. The van der Waals surface area contributed by atoms with Crippen LogP contribution in [0.5, 0.6) is 0 Å². The summed E-state index contributed by atoms with van der Waals surface area (Å²) in [5.41, 5.74) is 13.0. The molecular weight excluding hydrogens is 760 g/mol. The standard InChI is InChI=1S/C56H67N4P/c1-36-19-38(3)53(39(4)20-36)58-49-15-9-11-17-51(49)61(48-13-7-6-8-14-48,60-56-32-44-26-45(33-56)28-46(27-44)34-56)52-18-12-10-16-50(52)59-54-40(5)21-37(2)22-47(54)35-57-55-29-41-23-42(30-55)25-43(24-41)31-55/h6-22,41-46,57-59H,23-35H2,1-5H3/t41?,42?,43?,44?,45?,46?,55?,56?,61-/m1/s1. The van der Waals surface area contributed by atoms with Crippen molar-refractivity contribution < 1.29 is 0 Å². The summed E-state index contributed by atoms with van der Waals surface area (Å²) in [7, 11) is -2.70. The number of nitrogens with zero attached hydrogens (tertiary/aromatic N) is 1. The van der Waals surface area contributed by atoms with Gasteiger partial charge < -0.3 is 16.0 Å². The third-order valence-corrected chi connectivity index (χ3v) is 20.4. The first-order valence-corrected chi connectivity index (χ1v) is 25.6. The summed E-state index contributed by atoms with van der Waals surface area (Å²) in [5.74, 6) is 5.16. The van der Waals surface area contributed by atoms with Gasteiger partial charge in [0.1, 0.15) is 0 Å². The summed E-state index contributed by atoms with van der Waals surface area (Å²) in [6, 6.07) is 39.6. The molecule has 0 aliphatic heterocycles. The highest BCUT2D eigenvalue weighted by Gasteiger charge is 2.53. The third-order valence-electron chi connectivity index (χ3n) is 16.5. The molecule has 0 aromatic heterocycles. The number of rotatable bonds is 11. The van der Waals surface area contributed by atoms with E-state index < -0.39 is 7.05 Å². The van der Waals surface area contributed by atoms with Crippen molar-refractivity contribution in [2.45, 2.75) is 129 Å². The van der Waals surface area contributed by atoms with Crippen molar-refractivity contribution >= 4 is 45.7 Å². The van der Waals surface area contributed by atoms with E-state index in [1.807, 2.05) is 0 Å². The molecule has 0 saturated heterocycles. The first-order valence-electron chi connectivity index (χ1n) is 23.9. The third kappa shape index (κ3) is 7.22. The van der Waals surface area contributed by atoms with Crippen LogP contribution < -0.4 is 31.9 Å². The molecule has 4 nitrogen and oxygen atoms in total. The fourth-order valence-electron chi connectivity index (χ4n) is 15.1. The van der Waals surface area contributed by atoms with E-state index in [0.29, 0.717) is 5.54 Å². The fraction of sp³-hybridized carbons (Fsp3) is 0.464. The van der Waals surface area contributed by atoms with Gasteiger partial charge in [0.25, 0.3) is 0 Å². The number of nitrogens with one attached hydrogen (secondary N) is 3. The molecule has 5 aromatic carbocycles. The van der Waals surface area contributed by atoms with Crippen LogP contribution in [-0.2, 0) is 6.54 Å². The Morgan fingerprint density at radius 2 is 0.934 bits per heavy atom. The molecule has 3 N–H and O–H groups in total. The number of aryl methyl sites for hydroxylation is 5. The van der Waals surface area contributed by atoms with E-state index >= 15 is 0 Å². The van der Waals surface area contributed by atoms with Gasteiger partial charge in [0.2, 0.25) is 0 Å². The zero-order valence-electron chi connectivity index (χ0n) is 37.4. The van der Waals surface area contributed by atoms with Crippen molar-refractivity contribution in [3.63, 3.8) is 0 Å². The van der Waals surface area contributed by atoms with Crippen LogP contribution in [0, 0.1) is 70.1 Å². The van der Waals surface area contributed by atoms with E-state index in [4.69, 9.17) is 4.74 Å². The van der Waals surface area contributed by atoms with E-state index in [1.54, 1.807) is 0 Å². The zero-order valence-corrected chi connectivity index (χ0v) is 38.3. The zero-order chi connectivity index (χ0) is 41.5. The molecule has 5 aromatic rings. The van der Waals surface area contributed by atoms with Gasteiger partial charge in [-0.3, -0.25) is 4.74 Å². The van der Waals surface area contributed by atoms with Crippen LogP contribution in [0.2, 0.25) is 0 Å². The molecule has 8 aliphatic carbocycles. The monoisotopic (exact) mass is 827 g/mol. The average molecular weight is 827 g/mol. The lowest BCUT2D eigenvalue weighted by Gasteiger charge is -2.57. The van der Waals surface area contributed by atoms with Gasteiger partial charge in [-0.15, -0.1) is 0 Å². The van der Waals surface area contributed by atoms with E-state index in [2.05, 4.69) is 154 Å². The molecule has 5 heteroatoms. The van der Waals surface area contributed by atoms with E-state index in [9.17, 15) is 0 Å². The van der Waals surface area contributed by atoms with E-state index in [0.717, 1.165) is 42.1 Å². The quantitative estimate of drug-likeness (QED) is 0.116. The maximum Gasteiger partial charge on any atom is 0.0612 e. The van der Waals surface area contributed by atoms with Gasteiger partial charge in [0.15, 0.2) is 0 Å². The van der Waals surface area contributed by atoms with Crippen molar-refractivity contribution in [1.29, 1.82) is 0 Å². The van der Waals surface area contributed by atoms with Crippen molar-refractivity contribution in [2.24, 2.45) is 40.3 Å². The molecule has 0 radical (unpaired) electrons. The van der Waals surface area contributed by atoms with E-state index in [-0.39, 0.29) is 5.54 Å². The SMILES string of the molecule is Cc1cc(C)c(Nc2ccccc2[P@](=NC23CC4CC(CC(C4)C2)C3)(c2ccccc2)c2ccccc2Nc2c(C)cc(C)cc2CNC23CC4CC(CC(C4)C2)C3)c(C)c1. The number of anilines is 4. The van der Waals surface area contributed by atoms with Gasteiger partial charge >= 0.3 is 0 Å². The van der Waals surface area contributed by atoms with Crippen LogP contribution in [0.4, 0.5) is 22.7 Å². The minimum atomic E-state index is -2.70. The Bertz CT molecular complexity index is 2440. The Balaban J connectivity index is 1.09. The second-order valence-corrected chi connectivity index (χ2v) is 24.4. The molecule has 13 rings (SSSR count). The van der Waals surface area contributed by atoms with Gasteiger partial charge in [-0.2, -0.15) is 0 Å². The van der Waals surface area contributed by atoms with Gasteiger partial charge in [-0.05, 0) is 182 Å². The maximum absolute atomic E-state index is 6.69.